The van der Waals surface area contributed by atoms with Crippen molar-refractivity contribution in [3.8, 4) is 0 Å². The third-order valence-corrected chi connectivity index (χ3v) is 4.01. The molecule has 0 radical (unpaired) electrons. The van der Waals surface area contributed by atoms with E-state index in [9.17, 15) is 14.7 Å². The zero-order chi connectivity index (χ0) is 15.2. The number of aliphatic carboxylic acids is 1. The van der Waals surface area contributed by atoms with Gasteiger partial charge in [-0.25, -0.2) is 0 Å². The third kappa shape index (κ3) is 4.61. The number of amides is 1. The number of carbonyl (C=O) groups excluding carboxylic acids is 1. The van der Waals surface area contributed by atoms with Crippen LogP contribution >= 0.6 is 11.3 Å². The van der Waals surface area contributed by atoms with E-state index in [1.165, 1.54) is 0 Å². The van der Waals surface area contributed by atoms with E-state index in [4.69, 9.17) is 0 Å². The Morgan fingerprint density at radius 3 is 2.70 bits per heavy atom. The SMILES string of the molecule is CCCC(C)(NCC(=O)N(C)Cc1ccsc1)C(=O)O. The van der Waals surface area contributed by atoms with Gasteiger partial charge in [0.2, 0.25) is 5.91 Å². The fourth-order valence-corrected chi connectivity index (χ4v) is 2.58. The Morgan fingerprint density at radius 1 is 1.50 bits per heavy atom. The maximum atomic E-state index is 12.0. The molecule has 0 saturated heterocycles. The fourth-order valence-electron chi connectivity index (χ4n) is 1.92. The molecule has 1 amide bonds. The van der Waals surface area contributed by atoms with Crippen LogP contribution in [-0.4, -0.2) is 41.0 Å². The molecule has 0 saturated carbocycles. The summed E-state index contributed by atoms with van der Waals surface area (Å²) in [5, 5.41) is 16.1. The zero-order valence-electron chi connectivity index (χ0n) is 12.2. The van der Waals surface area contributed by atoms with Crippen molar-refractivity contribution >= 4 is 23.2 Å². The molecule has 1 rings (SSSR count). The number of carbonyl (C=O) groups is 2. The van der Waals surface area contributed by atoms with Gasteiger partial charge >= 0.3 is 5.97 Å². The summed E-state index contributed by atoms with van der Waals surface area (Å²) >= 11 is 1.59. The first kappa shape index (κ1) is 16.7. The molecule has 0 spiro atoms. The Morgan fingerprint density at radius 2 is 2.20 bits per heavy atom. The zero-order valence-corrected chi connectivity index (χ0v) is 13.0. The second kappa shape index (κ2) is 7.40. The number of hydrogen-bond acceptors (Lipinski definition) is 4. The van der Waals surface area contributed by atoms with Gasteiger partial charge in [-0.15, -0.1) is 0 Å². The molecular formula is C14H22N2O3S. The fraction of sp³-hybridized carbons (Fsp3) is 0.571. The van der Waals surface area contributed by atoms with Crippen LogP contribution in [0.2, 0.25) is 0 Å². The molecule has 1 atom stereocenters. The van der Waals surface area contributed by atoms with Crippen molar-refractivity contribution in [3.05, 3.63) is 22.4 Å². The number of hydrogen-bond donors (Lipinski definition) is 2. The van der Waals surface area contributed by atoms with Gasteiger partial charge in [-0.2, -0.15) is 11.3 Å². The number of nitrogens with one attached hydrogen (secondary N) is 1. The molecule has 0 aliphatic carbocycles. The number of carboxylic acids is 1. The summed E-state index contributed by atoms with van der Waals surface area (Å²) in [6, 6.07) is 1.97. The lowest BCUT2D eigenvalue weighted by molar-refractivity contribution is -0.144. The largest absolute Gasteiger partial charge is 0.480 e. The quantitative estimate of drug-likeness (QED) is 0.769. The number of carboxylic acid groups (broad SMARTS) is 1. The van der Waals surface area contributed by atoms with Crippen LogP contribution < -0.4 is 5.32 Å². The summed E-state index contributed by atoms with van der Waals surface area (Å²) in [6.07, 6.45) is 1.23. The molecule has 20 heavy (non-hydrogen) atoms. The Kier molecular flexibility index (Phi) is 6.16. The van der Waals surface area contributed by atoms with Crippen LogP contribution in [0.25, 0.3) is 0 Å². The monoisotopic (exact) mass is 298 g/mol. The molecule has 1 aromatic rings. The van der Waals surface area contributed by atoms with Gasteiger partial charge < -0.3 is 10.0 Å². The van der Waals surface area contributed by atoms with Crippen molar-refractivity contribution in [3.63, 3.8) is 0 Å². The molecule has 5 nitrogen and oxygen atoms in total. The molecule has 112 valence electrons. The summed E-state index contributed by atoms with van der Waals surface area (Å²) in [7, 11) is 1.72. The van der Waals surface area contributed by atoms with Crippen molar-refractivity contribution in [2.75, 3.05) is 13.6 Å². The van der Waals surface area contributed by atoms with Crippen molar-refractivity contribution < 1.29 is 14.7 Å². The molecule has 0 aliphatic heterocycles. The maximum Gasteiger partial charge on any atom is 0.323 e. The molecule has 0 aliphatic rings. The molecule has 1 heterocycles. The summed E-state index contributed by atoms with van der Waals surface area (Å²) in [5.74, 6) is -1.03. The van der Waals surface area contributed by atoms with Crippen molar-refractivity contribution in [2.45, 2.75) is 38.8 Å². The maximum absolute atomic E-state index is 12.0. The summed E-state index contributed by atoms with van der Waals surface area (Å²) in [5.41, 5.74) is 0.0357. The van der Waals surface area contributed by atoms with Crippen molar-refractivity contribution in [1.29, 1.82) is 0 Å². The average molecular weight is 298 g/mol. The van der Waals surface area contributed by atoms with Gasteiger partial charge in [0.1, 0.15) is 5.54 Å². The van der Waals surface area contributed by atoms with E-state index in [1.54, 1.807) is 30.2 Å². The van der Waals surface area contributed by atoms with E-state index in [2.05, 4.69) is 5.32 Å². The van der Waals surface area contributed by atoms with Crippen LogP contribution in [0.4, 0.5) is 0 Å². The van der Waals surface area contributed by atoms with Crippen LogP contribution in [-0.2, 0) is 16.1 Å². The van der Waals surface area contributed by atoms with Crippen molar-refractivity contribution in [2.24, 2.45) is 0 Å². The molecule has 0 fully saturated rings. The Labute approximate surface area is 123 Å². The van der Waals surface area contributed by atoms with E-state index in [0.717, 1.165) is 12.0 Å². The number of likely N-dealkylation sites (N-methyl/N-ethyl adjacent to an activating group) is 1. The number of rotatable bonds is 8. The highest BCUT2D eigenvalue weighted by Crippen LogP contribution is 2.13. The number of nitrogens with zero attached hydrogens (tertiary/aromatic N) is 1. The predicted octanol–water partition coefficient (Wildman–Crippen LogP) is 1.94. The van der Waals surface area contributed by atoms with Crippen LogP contribution in [0.3, 0.4) is 0 Å². The molecule has 6 heteroatoms. The lowest BCUT2D eigenvalue weighted by atomic mass is 9.96. The highest BCUT2D eigenvalue weighted by Gasteiger charge is 2.32. The van der Waals surface area contributed by atoms with E-state index in [-0.39, 0.29) is 12.5 Å². The Balaban J connectivity index is 2.50. The normalized spacial score (nSPS) is 13.8. The second-order valence-electron chi connectivity index (χ2n) is 5.12. The van der Waals surface area contributed by atoms with E-state index in [0.29, 0.717) is 13.0 Å². The molecule has 1 unspecified atom stereocenters. The minimum Gasteiger partial charge on any atom is -0.480 e. The van der Waals surface area contributed by atoms with Crippen LogP contribution in [0, 0.1) is 0 Å². The highest BCUT2D eigenvalue weighted by atomic mass is 32.1. The number of thiophene rings is 1. The smallest absolute Gasteiger partial charge is 0.323 e. The average Bonchev–Trinajstić information content (AvgIpc) is 2.88. The van der Waals surface area contributed by atoms with Gasteiger partial charge in [-0.05, 0) is 35.7 Å². The van der Waals surface area contributed by atoms with E-state index < -0.39 is 11.5 Å². The van der Waals surface area contributed by atoms with E-state index >= 15 is 0 Å². The van der Waals surface area contributed by atoms with Crippen LogP contribution in [0.1, 0.15) is 32.3 Å². The molecular weight excluding hydrogens is 276 g/mol. The first-order valence-corrected chi connectivity index (χ1v) is 7.57. The van der Waals surface area contributed by atoms with Gasteiger partial charge in [0.25, 0.3) is 0 Å². The molecule has 0 aromatic carbocycles. The van der Waals surface area contributed by atoms with Gasteiger partial charge in [0, 0.05) is 13.6 Å². The van der Waals surface area contributed by atoms with E-state index in [1.807, 2.05) is 23.8 Å². The standard InChI is InChI=1S/C14H22N2O3S/c1-4-6-14(2,13(18)19)15-8-12(17)16(3)9-11-5-7-20-10-11/h5,7,10,15H,4,6,8-9H2,1-3H3,(H,18,19). The van der Waals surface area contributed by atoms with Crippen molar-refractivity contribution in [1.82, 2.24) is 10.2 Å². The van der Waals surface area contributed by atoms with Gasteiger partial charge in [-0.1, -0.05) is 13.3 Å². The topological polar surface area (TPSA) is 69.6 Å². The van der Waals surface area contributed by atoms with Gasteiger partial charge in [-0.3, -0.25) is 14.9 Å². The summed E-state index contributed by atoms with van der Waals surface area (Å²) in [4.78, 5) is 24.9. The lowest BCUT2D eigenvalue weighted by Gasteiger charge is -2.27. The Hall–Kier alpha value is -1.40. The Bertz CT molecular complexity index is 447. The predicted molar refractivity (Wildman–Crippen MR) is 79.7 cm³/mol. The summed E-state index contributed by atoms with van der Waals surface area (Å²) in [6.45, 7) is 4.11. The lowest BCUT2D eigenvalue weighted by Crippen LogP contribution is -2.52. The van der Waals surface area contributed by atoms with Crippen LogP contribution in [0.5, 0.6) is 0 Å². The molecule has 0 bridgehead atoms. The minimum atomic E-state index is -1.05. The second-order valence-corrected chi connectivity index (χ2v) is 5.90. The first-order chi connectivity index (χ1) is 9.39. The summed E-state index contributed by atoms with van der Waals surface area (Å²) < 4.78 is 0. The van der Waals surface area contributed by atoms with Gasteiger partial charge in [0.15, 0.2) is 0 Å². The molecule has 1 aromatic heterocycles. The third-order valence-electron chi connectivity index (χ3n) is 3.28. The highest BCUT2D eigenvalue weighted by molar-refractivity contribution is 7.07. The van der Waals surface area contributed by atoms with Gasteiger partial charge in [0.05, 0.1) is 6.54 Å². The van der Waals surface area contributed by atoms with Crippen LogP contribution in [0.15, 0.2) is 16.8 Å². The molecule has 2 N–H and O–H groups in total. The first-order valence-electron chi connectivity index (χ1n) is 6.62. The minimum absolute atomic E-state index is 0.0312.